The fourth-order valence-corrected chi connectivity index (χ4v) is 3.25. The van der Waals surface area contributed by atoms with Gasteiger partial charge in [-0.05, 0) is 31.2 Å². The second kappa shape index (κ2) is 8.96. The summed E-state index contributed by atoms with van der Waals surface area (Å²) in [5, 5.41) is 3.01. The summed E-state index contributed by atoms with van der Waals surface area (Å²) in [7, 11) is 1.52. The van der Waals surface area contributed by atoms with E-state index < -0.39 is 23.9 Å². The lowest BCUT2D eigenvalue weighted by Crippen LogP contribution is -2.33. The van der Waals surface area contributed by atoms with Crippen LogP contribution in [0.5, 0.6) is 5.75 Å². The van der Waals surface area contributed by atoms with E-state index in [4.69, 9.17) is 21.1 Å². The average Bonchev–Trinajstić information content (AvgIpc) is 3.11. The van der Waals surface area contributed by atoms with Crippen molar-refractivity contribution in [3.8, 4) is 5.75 Å². The molecule has 1 saturated heterocycles. The van der Waals surface area contributed by atoms with Crippen molar-refractivity contribution in [3.05, 3.63) is 53.6 Å². The maximum Gasteiger partial charge on any atom is 0.312 e. The predicted octanol–water partition coefficient (Wildman–Crippen LogP) is 3.27. The van der Waals surface area contributed by atoms with E-state index in [0.717, 1.165) is 0 Å². The van der Waals surface area contributed by atoms with Crippen LogP contribution in [0, 0.1) is 5.92 Å². The van der Waals surface area contributed by atoms with Gasteiger partial charge in [0.1, 0.15) is 5.75 Å². The van der Waals surface area contributed by atoms with E-state index in [0.29, 0.717) is 22.1 Å². The van der Waals surface area contributed by atoms with Crippen LogP contribution in [0.1, 0.15) is 13.3 Å². The number of halogens is 1. The van der Waals surface area contributed by atoms with Crippen LogP contribution in [0.3, 0.4) is 0 Å². The van der Waals surface area contributed by atoms with Crippen molar-refractivity contribution in [1.82, 2.24) is 0 Å². The molecule has 7 nitrogen and oxygen atoms in total. The third-order valence-corrected chi connectivity index (χ3v) is 4.96. The molecular formula is C21H21ClN2O5. The average molecular weight is 417 g/mol. The molecule has 2 aromatic carbocycles. The van der Waals surface area contributed by atoms with Gasteiger partial charge in [0.25, 0.3) is 5.91 Å². The van der Waals surface area contributed by atoms with Crippen molar-refractivity contribution in [2.24, 2.45) is 5.92 Å². The first kappa shape index (κ1) is 20.7. The fourth-order valence-electron chi connectivity index (χ4n) is 3.07. The number of nitrogens with zero attached hydrogens (tertiary/aromatic N) is 1. The number of carbonyl (C=O) groups excluding carboxylic acids is 3. The summed E-state index contributed by atoms with van der Waals surface area (Å²) in [6.45, 7) is 1.63. The number of ether oxygens (including phenoxy) is 2. The van der Waals surface area contributed by atoms with Crippen LogP contribution in [0.2, 0.25) is 5.02 Å². The van der Waals surface area contributed by atoms with Crippen LogP contribution in [0.25, 0.3) is 0 Å². The Labute approximate surface area is 173 Å². The van der Waals surface area contributed by atoms with E-state index >= 15 is 0 Å². The van der Waals surface area contributed by atoms with Gasteiger partial charge in [0.2, 0.25) is 5.91 Å². The molecule has 1 heterocycles. The van der Waals surface area contributed by atoms with Crippen LogP contribution in [-0.2, 0) is 19.1 Å². The molecule has 2 aromatic rings. The Kier molecular flexibility index (Phi) is 6.39. The molecule has 0 aliphatic carbocycles. The molecular weight excluding hydrogens is 396 g/mol. The first-order valence-electron chi connectivity index (χ1n) is 9.10. The lowest BCUT2D eigenvalue weighted by atomic mass is 10.1. The lowest BCUT2D eigenvalue weighted by molar-refractivity contribution is -0.157. The number of anilines is 2. The van der Waals surface area contributed by atoms with E-state index in [1.54, 1.807) is 48.5 Å². The molecule has 1 aliphatic heterocycles. The standard InChI is InChI=1S/C21H21ClN2O5/c1-13(20(26)23-16-8-4-3-7-15(16)22)29-21(27)14-11-19(25)24(12-14)17-9-5-6-10-18(17)28-2/h3-10,13-14H,11-12H2,1-2H3,(H,23,26)/t13-,14-/m0/s1. The SMILES string of the molecule is COc1ccccc1N1C[C@@H](C(=O)O[C@@H](C)C(=O)Nc2ccccc2Cl)CC1=O. The molecule has 0 bridgehead atoms. The molecule has 0 unspecified atom stereocenters. The second-order valence-electron chi connectivity index (χ2n) is 6.63. The summed E-state index contributed by atoms with van der Waals surface area (Å²) < 4.78 is 10.6. The van der Waals surface area contributed by atoms with Crippen LogP contribution in [0.4, 0.5) is 11.4 Å². The highest BCUT2D eigenvalue weighted by molar-refractivity contribution is 6.33. The third kappa shape index (κ3) is 4.68. The highest BCUT2D eigenvalue weighted by Crippen LogP contribution is 2.33. The minimum atomic E-state index is -1.03. The monoisotopic (exact) mass is 416 g/mol. The van der Waals surface area contributed by atoms with Gasteiger partial charge in [0, 0.05) is 13.0 Å². The van der Waals surface area contributed by atoms with Gasteiger partial charge in [-0.3, -0.25) is 14.4 Å². The number of carbonyl (C=O) groups is 3. The van der Waals surface area contributed by atoms with E-state index in [1.807, 2.05) is 0 Å². The number of hydrogen-bond donors (Lipinski definition) is 1. The van der Waals surface area contributed by atoms with Crippen LogP contribution >= 0.6 is 11.6 Å². The molecule has 2 amide bonds. The van der Waals surface area contributed by atoms with Crippen LogP contribution in [-0.4, -0.2) is 37.5 Å². The number of amides is 2. The maximum absolute atomic E-state index is 12.5. The molecule has 29 heavy (non-hydrogen) atoms. The smallest absolute Gasteiger partial charge is 0.312 e. The topological polar surface area (TPSA) is 84.9 Å². The van der Waals surface area contributed by atoms with Gasteiger partial charge in [0.05, 0.1) is 29.4 Å². The van der Waals surface area contributed by atoms with E-state index in [-0.39, 0.29) is 18.9 Å². The summed E-state index contributed by atoms with van der Waals surface area (Å²) >= 11 is 6.02. The number of para-hydroxylation sites is 3. The van der Waals surface area contributed by atoms with Crippen LogP contribution in [0.15, 0.2) is 48.5 Å². The van der Waals surface area contributed by atoms with E-state index in [1.165, 1.54) is 18.9 Å². The molecule has 1 aliphatic rings. The van der Waals surface area contributed by atoms with Crippen molar-refractivity contribution in [3.63, 3.8) is 0 Å². The first-order valence-corrected chi connectivity index (χ1v) is 9.47. The molecule has 0 saturated carbocycles. The molecule has 8 heteroatoms. The zero-order chi connectivity index (χ0) is 21.0. The van der Waals surface area contributed by atoms with Gasteiger partial charge in [-0.1, -0.05) is 35.9 Å². The molecule has 1 fully saturated rings. The maximum atomic E-state index is 12.5. The number of rotatable bonds is 6. The van der Waals surface area contributed by atoms with Gasteiger partial charge >= 0.3 is 5.97 Å². The molecule has 0 aromatic heterocycles. The minimum Gasteiger partial charge on any atom is -0.495 e. The molecule has 0 radical (unpaired) electrons. The Morgan fingerprint density at radius 2 is 1.86 bits per heavy atom. The van der Waals surface area contributed by atoms with Crippen molar-refractivity contribution < 1.29 is 23.9 Å². The summed E-state index contributed by atoms with van der Waals surface area (Å²) in [6, 6.07) is 13.9. The van der Waals surface area contributed by atoms with Crippen LogP contribution < -0.4 is 15.0 Å². The number of methoxy groups -OCH3 is 1. The zero-order valence-electron chi connectivity index (χ0n) is 16.1. The summed E-state index contributed by atoms with van der Waals surface area (Å²) in [4.78, 5) is 38.7. The van der Waals surface area contributed by atoms with Crippen molar-refractivity contribution in [2.45, 2.75) is 19.4 Å². The summed E-state index contributed by atoms with van der Waals surface area (Å²) in [5.74, 6) is -1.43. The Balaban J connectivity index is 1.61. The largest absolute Gasteiger partial charge is 0.495 e. The quantitative estimate of drug-likeness (QED) is 0.730. The van der Waals surface area contributed by atoms with Gasteiger partial charge in [-0.15, -0.1) is 0 Å². The minimum absolute atomic E-state index is 0.00966. The Morgan fingerprint density at radius 1 is 1.17 bits per heavy atom. The number of nitrogens with one attached hydrogen (secondary N) is 1. The molecule has 0 spiro atoms. The van der Waals surface area contributed by atoms with Gasteiger partial charge in [0.15, 0.2) is 6.10 Å². The van der Waals surface area contributed by atoms with Crippen molar-refractivity contribution >= 4 is 40.8 Å². The van der Waals surface area contributed by atoms with Crippen molar-refractivity contribution in [2.75, 3.05) is 23.9 Å². The molecule has 2 atom stereocenters. The van der Waals surface area contributed by atoms with Gasteiger partial charge < -0.3 is 19.7 Å². The fraction of sp³-hybridized carbons (Fsp3) is 0.286. The number of benzene rings is 2. The van der Waals surface area contributed by atoms with Gasteiger partial charge in [-0.2, -0.15) is 0 Å². The normalized spacial score (nSPS) is 17.0. The Bertz CT molecular complexity index is 933. The highest BCUT2D eigenvalue weighted by Gasteiger charge is 2.38. The second-order valence-corrected chi connectivity index (χ2v) is 7.03. The molecule has 152 valence electrons. The predicted molar refractivity (Wildman–Crippen MR) is 109 cm³/mol. The first-order chi connectivity index (χ1) is 13.9. The Hall–Kier alpha value is -3.06. The van der Waals surface area contributed by atoms with Gasteiger partial charge in [-0.25, -0.2) is 0 Å². The zero-order valence-corrected chi connectivity index (χ0v) is 16.8. The van der Waals surface area contributed by atoms with E-state index in [9.17, 15) is 14.4 Å². The molecule has 1 N–H and O–H groups in total. The lowest BCUT2D eigenvalue weighted by Gasteiger charge is -2.20. The number of hydrogen-bond acceptors (Lipinski definition) is 5. The highest BCUT2D eigenvalue weighted by atomic mass is 35.5. The summed E-state index contributed by atoms with van der Waals surface area (Å²) in [5.41, 5.74) is 1.03. The Morgan fingerprint density at radius 3 is 2.59 bits per heavy atom. The number of esters is 1. The molecule has 3 rings (SSSR count). The van der Waals surface area contributed by atoms with E-state index in [2.05, 4.69) is 5.32 Å². The summed E-state index contributed by atoms with van der Waals surface area (Å²) in [6.07, 6.45) is -1.02. The van der Waals surface area contributed by atoms with Crippen molar-refractivity contribution in [1.29, 1.82) is 0 Å². The third-order valence-electron chi connectivity index (χ3n) is 4.63.